The number of alkyl halides is 3. The largest absolute Gasteiger partial charge is 0.507 e. The van der Waals surface area contributed by atoms with Crippen LogP contribution in [0.5, 0.6) is 23.0 Å². The van der Waals surface area contributed by atoms with Crippen molar-refractivity contribution in [1.29, 1.82) is 0 Å². The lowest BCUT2D eigenvalue weighted by Gasteiger charge is -2.43. The highest BCUT2D eigenvalue weighted by Crippen LogP contribution is 2.54. The number of phenols is 2. The summed E-state index contributed by atoms with van der Waals surface area (Å²) in [6.45, 7) is 6.75. The molecule has 0 bridgehead atoms. The molecule has 2 aliphatic carbocycles. The highest BCUT2D eigenvalue weighted by Gasteiger charge is 2.56. The molecule has 5 fully saturated rings. The number of nitrogens with zero attached hydrogens (tertiary/aromatic N) is 6. The summed E-state index contributed by atoms with van der Waals surface area (Å²) in [5, 5.41) is 44.9. The molecule has 10 atom stereocenters. The Bertz CT molecular complexity index is 5660. The van der Waals surface area contributed by atoms with Crippen LogP contribution in [0.3, 0.4) is 0 Å². The zero-order chi connectivity index (χ0) is 102. The van der Waals surface area contributed by atoms with Gasteiger partial charge in [0.15, 0.2) is 37.0 Å². The highest BCUT2D eigenvalue weighted by atomic mass is 32.2. The number of amides is 10. The molecule has 0 aromatic heterocycles. The first-order valence-electron chi connectivity index (χ1n) is 46.5. The fourth-order valence-corrected chi connectivity index (χ4v) is 19.9. The number of hydrogen-bond donors (Lipinski definition) is 7. The Morgan fingerprint density at radius 2 is 1.28 bits per heavy atom. The summed E-state index contributed by atoms with van der Waals surface area (Å²) in [7, 11) is 5.53. The molecule has 0 saturated carbocycles. The molecule has 0 spiro atoms. The van der Waals surface area contributed by atoms with Crippen molar-refractivity contribution in [1.82, 2.24) is 35.1 Å². The minimum atomic E-state index is -5.10. The van der Waals surface area contributed by atoms with E-state index >= 15 is 13.2 Å². The number of halogens is 3. The third-order valence-corrected chi connectivity index (χ3v) is 27.7. The molecule has 0 unspecified atom stereocenters. The van der Waals surface area contributed by atoms with Crippen molar-refractivity contribution in [3.05, 3.63) is 175 Å². The number of thioether (sulfide) groups is 2. The van der Waals surface area contributed by atoms with Gasteiger partial charge in [-0.2, -0.15) is 13.2 Å². The first kappa shape index (κ1) is 107. The number of benzene rings is 6. The number of hydrogen-bond acceptors (Lipinski definition) is 33. The van der Waals surface area contributed by atoms with Crippen LogP contribution in [0.1, 0.15) is 134 Å². The number of carbonyl (C=O) groups is 13. The number of carbonyl (C=O) groups excluding carboxylic acids is 13. The van der Waals surface area contributed by atoms with Gasteiger partial charge < -0.3 is 123 Å². The first-order valence-corrected chi connectivity index (χ1v) is 48.2. The van der Waals surface area contributed by atoms with Crippen LogP contribution in [0.4, 0.5) is 38.9 Å². The quantitative estimate of drug-likeness (QED) is 0.0108. The monoisotopic (exact) mass is 2030 g/mol. The Hall–Kier alpha value is -12.2. The van der Waals surface area contributed by atoms with Gasteiger partial charge in [-0.3, -0.25) is 52.8 Å². The molecule has 6 aromatic carbocycles. The average molecular weight is 2030 g/mol. The molecule has 143 heavy (non-hydrogen) atoms. The van der Waals surface area contributed by atoms with Crippen LogP contribution in [0.25, 0.3) is 0 Å². The van der Waals surface area contributed by atoms with Crippen LogP contribution in [-0.4, -0.2) is 332 Å². The maximum atomic E-state index is 15.1. The number of methoxy groups -OCH3 is 2. The number of Topliss-reactive ketones (excluding diaryl/α,β-unsaturated/α-hetero) is 2. The number of anilines is 2. The van der Waals surface area contributed by atoms with Crippen molar-refractivity contribution in [2.75, 3.05) is 177 Å². The maximum Gasteiger partial charge on any atom is 0.418 e. The van der Waals surface area contributed by atoms with E-state index in [2.05, 4.69) is 20.9 Å². The second-order valence-electron chi connectivity index (χ2n) is 35.3. The van der Waals surface area contributed by atoms with Crippen LogP contribution in [0.15, 0.2) is 129 Å². The zero-order valence-corrected chi connectivity index (χ0v) is 81.2. The van der Waals surface area contributed by atoms with E-state index in [0.29, 0.717) is 109 Å². The van der Waals surface area contributed by atoms with E-state index in [1.807, 2.05) is 0 Å². The van der Waals surface area contributed by atoms with Crippen molar-refractivity contribution < 1.29 is 157 Å². The van der Waals surface area contributed by atoms with Crippen LogP contribution < -0.4 is 36.1 Å². The molecule has 0 radical (unpaired) electrons. The Labute approximate surface area is 828 Å². The minimum absolute atomic E-state index is 0.00628. The number of morpholine rings is 3. The molecule has 14 rings (SSSR count). The van der Waals surface area contributed by atoms with E-state index in [1.54, 1.807) is 91.2 Å². The van der Waals surface area contributed by atoms with Gasteiger partial charge in [0.05, 0.1) is 129 Å². The number of nitrogens with two attached hydrogens (primary N) is 1. The number of aromatic hydroxyl groups is 2. The van der Waals surface area contributed by atoms with Crippen LogP contribution in [0.2, 0.25) is 0 Å². The van der Waals surface area contributed by atoms with Gasteiger partial charge in [0.25, 0.3) is 23.6 Å². The fraction of sp³-hybridized carbons (Fsp3) is 0.480. The van der Waals surface area contributed by atoms with E-state index in [-0.39, 0.29) is 153 Å². The zero-order valence-electron chi connectivity index (χ0n) is 79.5. The molecule has 40 nitrogen and oxygen atoms in total. The number of ether oxygens (including phenoxy) is 14. The number of nitrogens with one attached hydrogen (secondary N) is 3. The topological polar surface area (TPSA) is 493 Å². The number of rotatable bonds is 42. The van der Waals surface area contributed by atoms with Crippen molar-refractivity contribution >= 4 is 112 Å². The van der Waals surface area contributed by atoms with Gasteiger partial charge in [0, 0.05) is 155 Å². The number of imide groups is 1. The molecule has 6 heterocycles. The minimum Gasteiger partial charge on any atom is -0.507 e. The standard InChI is InChI=1S/C98H113F3N10O30S2/c1-54(2)79(105-73(114)53-134-43-42-132-40-41-133-44-45-135-61-21-26-67(66(47-61)98(99,100)101)111-90(122)85(142-62-22-15-57(16-23-62)88(120)108-30-35-130-36-31-108)86(91(111)123)143-63-24-17-58(18-25-63)89(121)109-32-37-131-38-33-109)69(112)46-59(10-9-27-103-94(102)124)87(119)104-60-19-13-56(14-20-60)51-137-95(125)106(4)28-29-107(5)96(126)138-52-72(113)97(127)49-65-76(83(118)78-77(81(65)116)80(115)64-11-8-12-70(128-6)75(64)82(78)117)71(50-97)140-74-48-68-84(55(3)139-74)141-92-93(129-7)136-39-34-110(68)92/h8,11-26,47,54-55,59,68,71,74,79,84,92-93,116,118,127H,9-10,27-46,48-53H2,1-7H3,(H,104,119)(H,105,114)(H3,102,103,124)/t55-,59+,68-,71-,74-,79-,84+,92+,93-,97-/m0/s1. The molecular formula is C98H113F3N10O30S2. The number of phenolic OH excluding ortho intramolecular Hbond substituents is 2. The van der Waals surface area contributed by atoms with Gasteiger partial charge >= 0.3 is 24.4 Å². The lowest BCUT2D eigenvalue weighted by Crippen LogP contribution is -2.55. The lowest BCUT2D eigenvalue weighted by molar-refractivity contribution is -0.256. The fourth-order valence-electron chi connectivity index (χ4n) is 17.9. The Balaban J connectivity index is 0.503. The van der Waals surface area contributed by atoms with Gasteiger partial charge in [-0.15, -0.1) is 0 Å². The molecule has 768 valence electrons. The normalized spacial score (nSPS) is 20.9. The molecule has 8 aliphatic rings. The summed E-state index contributed by atoms with van der Waals surface area (Å²) in [5.74, 6) is -10.2. The molecule has 6 aliphatic heterocycles. The van der Waals surface area contributed by atoms with Crippen LogP contribution in [-0.2, 0) is 105 Å². The summed E-state index contributed by atoms with van der Waals surface area (Å²) in [6.07, 6.45) is -13.2. The summed E-state index contributed by atoms with van der Waals surface area (Å²) in [6, 6.07) is 23.7. The number of fused-ring (bicyclic) bond motifs is 6. The van der Waals surface area contributed by atoms with Crippen molar-refractivity contribution in [2.24, 2.45) is 17.6 Å². The number of aliphatic hydroxyl groups is 1. The molecule has 6 aromatic rings. The van der Waals surface area contributed by atoms with E-state index < -0.39 is 192 Å². The number of likely N-dealkylation sites (N-methyl/N-ethyl adjacent to an activating group) is 2. The number of urea groups is 1. The van der Waals surface area contributed by atoms with Gasteiger partial charge in [-0.25, -0.2) is 19.3 Å². The molecule has 5 saturated heterocycles. The lowest BCUT2D eigenvalue weighted by atomic mass is 9.72. The summed E-state index contributed by atoms with van der Waals surface area (Å²) >= 11 is 1.70. The van der Waals surface area contributed by atoms with Crippen molar-refractivity contribution in [3.8, 4) is 23.0 Å². The molecule has 45 heteroatoms. The second-order valence-corrected chi connectivity index (χ2v) is 37.5. The van der Waals surface area contributed by atoms with Gasteiger partial charge in [0.2, 0.25) is 23.4 Å². The summed E-state index contributed by atoms with van der Waals surface area (Å²) in [4.78, 5) is 187. The highest BCUT2D eigenvalue weighted by molar-refractivity contribution is 8.08. The summed E-state index contributed by atoms with van der Waals surface area (Å²) in [5.41, 5.74) is 0.289. The van der Waals surface area contributed by atoms with Crippen LogP contribution >= 0.6 is 23.5 Å². The Morgan fingerprint density at radius 3 is 1.87 bits per heavy atom. The predicted octanol–water partition coefficient (Wildman–Crippen LogP) is 7.92. The van der Waals surface area contributed by atoms with E-state index in [4.69, 9.17) is 72.0 Å². The van der Waals surface area contributed by atoms with Gasteiger partial charge in [0.1, 0.15) is 54.5 Å². The van der Waals surface area contributed by atoms with Gasteiger partial charge in [-0.1, -0.05) is 61.6 Å². The second kappa shape index (κ2) is 48.0. The van der Waals surface area contributed by atoms with E-state index in [9.17, 15) is 77.6 Å². The Morgan fingerprint density at radius 1 is 0.685 bits per heavy atom. The average Bonchev–Trinajstić information content (AvgIpc) is 1.57. The predicted molar refractivity (Wildman–Crippen MR) is 502 cm³/mol. The number of ketones is 4. The third-order valence-electron chi connectivity index (χ3n) is 25.4. The van der Waals surface area contributed by atoms with E-state index in [0.717, 1.165) is 34.5 Å². The Kier molecular flexibility index (Phi) is 35.8. The first-order chi connectivity index (χ1) is 68.5. The van der Waals surface area contributed by atoms with Crippen molar-refractivity contribution in [2.45, 2.75) is 137 Å². The van der Waals surface area contributed by atoms with E-state index in [1.165, 1.54) is 69.6 Å². The SMILES string of the molecule is COc1cccc2c1C(=O)c1c(O)c3c(c(O)c1C2=O)C[C@@](O)(C(=O)COC(=O)N(C)CCN(C)C(=O)OCc1ccc(NC(=O)[C@H](CCCNC(N)=O)CC(=O)[C@@H](NC(=O)COCCOCCOCCOc2ccc(N4C(=O)C(Sc5ccc(C(=O)N6CCOCC6)cc5)=C(Sc5ccc(C(=O)N6CCOCC6)cc5)C4=O)c(C(F)(F)F)c2)C(C)C)cc1)C[C@@H]3O[C@H]1C[C@H]2[C@H](O[C@@H]3[C@@H](OC)OCCN32)[C@H](C)O1. The van der Waals surface area contributed by atoms with Gasteiger partial charge in [-0.05, 0) is 116 Å². The molecule has 8 N–H and O–H groups in total. The molecule has 10 amide bonds. The third kappa shape index (κ3) is 25.4. The van der Waals surface area contributed by atoms with Crippen molar-refractivity contribution in [3.63, 3.8) is 0 Å². The molecular weight excluding hydrogens is 1920 g/mol. The smallest absolute Gasteiger partial charge is 0.418 e. The van der Waals surface area contributed by atoms with Crippen LogP contribution in [0, 0.1) is 11.8 Å². The number of primary amides is 1. The summed E-state index contributed by atoms with van der Waals surface area (Å²) < 4.78 is 126. The maximum absolute atomic E-state index is 15.1.